The highest BCUT2D eigenvalue weighted by Gasteiger charge is 2.04. The molecule has 0 radical (unpaired) electrons. The molecule has 0 spiro atoms. The largest absolute Gasteiger partial charge is 0.369 e. The molecule has 0 aliphatic rings. The SMILES string of the molecule is Cc1ccc(N=C(Nc2ccccc2)Nc2ccc(CC(N)=O)cc2)cc1. The van der Waals surface area contributed by atoms with Crippen molar-refractivity contribution in [1.29, 1.82) is 0 Å². The summed E-state index contributed by atoms with van der Waals surface area (Å²) in [6.07, 6.45) is 0.229. The monoisotopic (exact) mass is 358 g/mol. The number of rotatable bonds is 5. The molecule has 0 heterocycles. The molecule has 5 heteroatoms. The number of aliphatic imine (C=N–C) groups is 1. The number of nitrogens with zero attached hydrogens (tertiary/aromatic N) is 1. The van der Waals surface area contributed by atoms with E-state index in [0.717, 1.165) is 22.6 Å². The molecule has 0 fully saturated rings. The van der Waals surface area contributed by atoms with Crippen molar-refractivity contribution in [1.82, 2.24) is 0 Å². The number of hydrogen-bond acceptors (Lipinski definition) is 2. The normalized spacial score (nSPS) is 11.1. The summed E-state index contributed by atoms with van der Waals surface area (Å²) in [6.45, 7) is 2.04. The van der Waals surface area contributed by atoms with Crippen molar-refractivity contribution in [3.63, 3.8) is 0 Å². The maximum Gasteiger partial charge on any atom is 0.221 e. The predicted molar refractivity (Wildman–Crippen MR) is 111 cm³/mol. The Morgan fingerprint density at radius 3 is 2.04 bits per heavy atom. The van der Waals surface area contributed by atoms with E-state index >= 15 is 0 Å². The number of guanidine groups is 1. The number of carbonyl (C=O) groups excluding carboxylic acids is 1. The molecule has 0 atom stereocenters. The number of amides is 1. The minimum absolute atomic E-state index is 0.229. The minimum Gasteiger partial charge on any atom is -0.369 e. The van der Waals surface area contributed by atoms with Gasteiger partial charge in [0.05, 0.1) is 12.1 Å². The van der Waals surface area contributed by atoms with Crippen LogP contribution >= 0.6 is 0 Å². The Bertz CT molecular complexity index is 917. The van der Waals surface area contributed by atoms with Crippen LogP contribution in [0.2, 0.25) is 0 Å². The second kappa shape index (κ2) is 8.67. The summed E-state index contributed by atoms with van der Waals surface area (Å²) >= 11 is 0. The zero-order chi connectivity index (χ0) is 19.1. The molecule has 3 rings (SSSR count). The standard InChI is InChI=1S/C22H22N4O/c1-16-7-11-19(12-8-16)25-22(24-18-5-3-2-4-6-18)26-20-13-9-17(10-14-20)15-21(23)27/h2-14H,15H2,1H3,(H2,23,27)(H2,24,25,26). The first kappa shape index (κ1) is 18.2. The molecular weight excluding hydrogens is 336 g/mol. The minimum atomic E-state index is -0.344. The topological polar surface area (TPSA) is 79.5 Å². The number of hydrogen-bond donors (Lipinski definition) is 3. The summed E-state index contributed by atoms with van der Waals surface area (Å²) < 4.78 is 0. The van der Waals surface area contributed by atoms with Gasteiger partial charge in [0, 0.05) is 11.4 Å². The molecule has 3 aromatic carbocycles. The van der Waals surface area contributed by atoms with Crippen LogP contribution in [0.25, 0.3) is 0 Å². The lowest BCUT2D eigenvalue weighted by atomic mass is 10.1. The third-order valence-electron chi connectivity index (χ3n) is 3.91. The molecule has 0 aromatic heterocycles. The molecule has 0 unspecified atom stereocenters. The summed E-state index contributed by atoms with van der Waals surface area (Å²) in [6, 6.07) is 25.4. The quantitative estimate of drug-likeness (QED) is 0.471. The van der Waals surface area contributed by atoms with Crippen LogP contribution < -0.4 is 16.4 Å². The summed E-state index contributed by atoms with van der Waals surface area (Å²) in [5.41, 5.74) is 9.94. The van der Waals surface area contributed by atoms with E-state index in [2.05, 4.69) is 15.6 Å². The van der Waals surface area contributed by atoms with Gasteiger partial charge >= 0.3 is 0 Å². The van der Waals surface area contributed by atoms with E-state index in [4.69, 9.17) is 5.73 Å². The van der Waals surface area contributed by atoms with E-state index in [9.17, 15) is 4.79 Å². The molecule has 0 aliphatic heterocycles. The Morgan fingerprint density at radius 2 is 1.44 bits per heavy atom. The number of primary amides is 1. The number of anilines is 2. The van der Waals surface area contributed by atoms with Gasteiger partial charge in [0.1, 0.15) is 0 Å². The van der Waals surface area contributed by atoms with Crippen LogP contribution in [0, 0.1) is 6.92 Å². The van der Waals surface area contributed by atoms with Crippen LogP contribution in [0.3, 0.4) is 0 Å². The van der Waals surface area contributed by atoms with Crippen molar-refractivity contribution < 1.29 is 4.79 Å². The second-order valence-corrected chi connectivity index (χ2v) is 6.25. The van der Waals surface area contributed by atoms with Gasteiger partial charge in [-0.15, -0.1) is 0 Å². The molecule has 0 bridgehead atoms. The fourth-order valence-corrected chi connectivity index (χ4v) is 2.54. The Kier molecular flexibility index (Phi) is 5.84. The highest BCUT2D eigenvalue weighted by Crippen LogP contribution is 2.16. The molecule has 27 heavy (non-hydrogen) atoms. The zero-order valence-corrected chi connectivity index (χ0v) is 15.1. The van der Waals surface area contributed by atoms with E-state index in [-0.39, 0.29) is 12.3 Å². The average molecular weight is 358 g/mol. The van der Waals surface area contributed by atoms with Gasteiger partial charge in [0.2, 0.25) is 11.9 Å². The maximum atomic E-state index is 11.0. The Hall–Kier alpha value is -3.60. The molecule has 1 amide bonds. The van der Waals surface area contributed by atoms with Crippen molar-refractivity contribution in [2.24, 2.45) is 10.7 Å². The number of nitrogens with two attached hydrogens (primary N) is 1. The third kappa shape index (κ3) is 5.71. The lowest BCUT2D eigenvalue weighted by molar-refractivity contribution is -0.117. The van der Waals surface area contributed by atoms with E-state index in [0.29, 0.717) is 5.96 Å². The summed E-state index contributed by atoms with van der Waals surface area (Å²) in [4.78, 5) is 15.7. The van der Waals surface area contributed by atoms with Gasteiger partial charge in [-0.25, -0.2) is 4.99 Å². The highest BCUT2D eigenvalue weighted by atomic mass is 16.1. The number of nitrogens with one attached hydrogen (secondary N) is 2. The Balaban J connectivity index is 1.82. The molecule has 136 valence electrons. The summed E-state index contributed by atoms with van der Waals surface area (Å²) in [5.74, 6) is 0.260. The van der Waals surface area contributed by atoms with E-state index in [1.807, 2.05) is 85.8 Å². The molecular formula is C22H22N4O. The maximum absolute atomic E-state index is 11.0. The fourth-order valence-electron chi connectivity index (χ4n) is 2.54. The highest BCUT2D eigenvalue weighted by molar-refractivity contribution is 6.04. The number of benzene rings is 3. The van der Waals surface area contributed by atoms with E-state index < -0.39 is 0 Å². The summed E-state index contributed by atoms with van der Waals surface area (Å²) in [5, 5.41) is 6.60. The van der Waals surface area contributed by atoms with Gasteiger partial charge in [0.15, 0.2) is 0 Å². The van der Waals surface area contributed by atoms with Crippen LogP contribution in [0.4, 0.5) is 17.1 Å². The van der Waals surface area contributed by atoms with Crippen molar-refractivity contribution >= 4 is 28.9 Å². The van der Waals surface area contributed by atoms with Crippen LogP contribution in [0.1, 0.15) is 11.1 Å². The smallest absolute Gasteiger partial charge is 0.221 e. The summed E-state index contributed by atoms with van der Waals surface area (Å²) in [7, 11) is 0. The molecule has 4 N–H and O–H groups in total. The van der Waals surface area contributed by atoms with Gasteiger partial charge in [-0.3, -0.25) is 4.79 Å². The van der Waals surface area contributed by atoms with Crippen molar-refractivity contribution in [2.75, 3.05) is 10.6 Å². The van der Waals surface area contributed by atoms with Crippen LogP contribution in [-0.2, 0) is 11.2 Å². The predicted octanol–water partition coefficient (Wildman–Crippen LogP) is 4.23. The Morgan fingerprint density at radius 1 is 0.852 bits per heavy atom. The van der Waals surface area contributed by atoms with Gasteiger partial charge in [-0.2, -0.15) is 0 Å². The zero-order valence-electron chi connectivity index (χ0n) is 15.1. The Labute approximate surface area is 159 Å². The number of carbonyl (C=O) groups is 1. The van der Waals surface area contributed by atoms with Gasteiger partial charge in [0.25, 0.3) is 0 Å². The van der Waals surface area contributed by atoms with Crippen LogP contribution in [-0.4, -0.2) is 11.9 Å². The average Bonchev–Trinajstić information content (AvgIpc) is 2.65. The molecule has 0 saturated heterocycles. The van der Waals surface area contributed by atoms with Crippen molar-refractivity contribution in [3.05, 3.63) is 90.0 Å². The number of aryl methyl sites for hydroxylation is 1. The van der Waals surface area contributed by atoms with Crippen LogP contribution in [0.15, 0.2) is 83.9 Å². The first-order valence-corrected chi connectivity index (χ1v) is 8.70. The molecule has 0 saturated carbocycles. The molecule has 5 nitrogen and oxygen atoms in total. The molecule has 3 aromatic rings. The van der Waals surface area contributed by atoms with Crippen molar-refractivity contribution in [3.8, 4) is 0 Å². The van der Waals surface area contributed by atoms with Gasteiger partial charge < -0.3 is 16.4 Å². The second-order valence-electron chi connectivity index (χ2n) is 6.25. The lowest BCUT2D eigenvalue weighted by Crippen LogP contribution is -2.21. The number of para-hydroxylation sites is 1. The first-order valence-electron chi connectivity index (χ1n) is 8.70. The van der Waals surface area contributed by atoms with Gasteiger partial charge in [-0.05, 0) is 48.9 Å². The van der Waals surface area contributed by atoms with Crippen LogP contribution in [0.5, 0.6) is 0 Å². The fraction of sp³-hybridized carbons (Fsp3) is 0.0909. The van der Waals surface area contributed by atoms with E-state index in [1.165, 1.54) is 5.56 Å². The first-order chi connectivity index (χ1) is 13.1. The third-order valence-corrected chi connectivity index (χ3v) is 3.91. The van der Waals surface area contributed by atoms with Crippen molar-refractivity contribution in [2.45, 2.75) is 13.3 Å². The van der Waals surface area contributed by atoms with Gasteiger partial charge in [-0.1, -0.05) is 48.0 Å². The lowest BCUT2D eigenvalue weighted by Gasteiger charge is -2.13. The molecule has 0 aliphatic carbocycles. The van der Waals surface area contributed by atoms with E-state index in [1.54, 1.807) is 0 Å².